The van der Waals surface area contributed by atoms with Gasteiger partial charge >= 0.3 is 0 Å². The van der Waals surface area contributed by atoms with Crippen LogP contribution in [0.15, 0.2) is 49.8 Å². The van der Waals surface area contributed by atoms with Crippen LogP contribution in [0.3, 0.4) is 0 Å². The van der Waals surface area contributed by atoms with Gasteiger partial charge in [-0.1, -0.05) is 34.1 Å². The van der Waals surface area contributed by atoms with Crippen molar-refractivity contribution in [1.82, 2.24) is 0 Å². The monoisotopic (exact) mass is 478 g/mol. The zero-order valence-corrected chi connectivity index (χ0v) is 15.9. The first-order valence-electron chi connectivity index (χ1n) is 6.11. The fraction of sp³-hybridized carbons (Fsp3) is 0.200. The molecule has 2 aromatic rings. The van der Waals surface area contributed by atoms with Crippen molar-refractivity contribution in [2.45, 2.75) is 6.10 Å². The van der Waals surface area contributed by atoms with E-state index in [4.69, 9.17) is 9.47 Å². The van der Waals surface area contributed by atoms with Gasteiger partial charge in [0.2, 0.25) is 0 Å². The summed E-state index contributed by atoms with van der Waals surface area (Å²) >= 11 is 10.3. The molecule has 0 aromatic heterocycles. The van der Waals surface area contributed by atoms with Gasteiger partial charge in [0.15, 0.2) is 0 Å². The van der Waals surface area contributed by atoms with Crippen LogP contribution < -0.4 is 9.47 Å². The molecule has 1 N–H and O–H groups in total. The van der Waals surface area contributed by atoms with Gasteiger partial charge in [-0.2, -0.15) is 0 Å². The average Bonchev–Trinajstić information content (AvgIpc) is 2.45. The molecule has 0 aliphatic heterocycles. The van der Waals surface area contributed by atoms with Gasteiger partial charge in [-0.25, -0.2) is 0 Å². The lowest BCUT2D eigenvalue weighted by molar-refractivity contribution is 0.105. The molecule has 0 amide bonds. The Hall–Kier alpha value is -0.560. The Morgan fingerprint density at radius 3 is 2.33 bits per heavy atom. The van der Waals surface area contributed by atoms with Gasteiger partial charge in [-0.05, 0) is 50.1 Å². The summed E-state index contributed by atoms with van der Waals surface area (Å²) in [7, 11) is 1.58. The summed E-state index contributed by atoms with van der Waals surface area (Å²) in [5.74, 6) is 1.29. The molecule has 2 rings (SSSR count). The van der Waals surface area contributed by atoms with E-state index in [1.807, 2.05) is 36.4 Å². The molecule has 21 heavy (non-hydrogen) atoms. The smallest absolute Gasteiger partial charge is 0.147 e. The number of para-hydroxylation sites is 1. The van der Waals surface area contributed by atoms with E-state index in [-0.39, 0.29) is 6.61 Å². The Balaban J connectivity index is 2.13. The van der Waals surface area contributed by atoms with Crippen LogP contribution in [0.4, 0.5) is 0 Å². The quantitative estimate of drug-likeness (QED) is 0.647. The third-order valence-electron chi connectivity index (χ3n) is 2.85. The van der Waals surface area contributed by atoms with E-state index >= 15 is 0 Å². The number of hydrogen-bond donors (Lipinski definition) is 1. The molecular weight excluding hydrogens is 468 g/mol. The zero-order chi connectivity index (χ0) is 15.4. The molecule has 0 saturated carbocycles. The van der Waals surface area contributed by atoms with Crippen LogP contribution in [0.1, 0.15) is 11.7 Å². The summed E-state index contributed by atoms with van der Waals surface area (Å²) in [4.78, 5) is 0. The molecule has 0 aliphatic carbocycles. The average molecular weight is 481 g/mol. The van der Waals surface area contributed by atoms with Gasteiger partial charge < -0.3 is 14.6 Å². The van der Waals surface area contributed by atoms with Crippen LogP contribution in [0.2, 0.25) is 0 Å². The molecule has 0 saturated heterocycles. The van der Waals surface area contributed by atoms with E-state index in [2.05, 4.69) is 47.8 Å². The minimum atomic E-state index is -0.774. The Morgan fingerprint density at radius 2 is 1.71 bits per heavy atom. The summed E-state index contributed by atoms with van der Waals surface area (Å²) in [5.41, 5.74) is 0.698. The lowest BCUT2D eigenvalue weighted by Gasteiger charge is -2.17. The maximum absolute atomic E-state index is 10.3. The topological polar surface area (TPSA) is 38.7 Å². The van der Waals surface area contributed by atoms with Crippen LogP contribution in [-0.4, -0.2) is 18.8 Å². The SMILES string of the molecule is COc1ccccc1C(O)COc1c(Br)cc(Br)cc1Br. The number of aliphatic hydroxyl groups excluding tert-OH is 1. The lowest BCUT2D eigenvalue weighted by Crippen LogP contribution is -2.11. The molecule has 0 radical (unpaired) electrons. The highest BCUT2D eigenvalue weighted by atomic mass is 79.9. The third kappa shape index (κ3) is 4.22. The minimum Gasteiger partial charge on any atom is -0.496 e. The van der Waals surface area contributed by atoms with Gasteiger partial charge in [-0.15, -0.1) is 0 Å². The highest BCUT2D eigenvalue weighted by Crippen LogP contribution is 2.37. The van der Waals surface area contributed by atoms with Gasteiger partial charge in [0.1, 0.15) is 24.2 Å². The van der Waals surface area contributed by atoms with Crippen molar-refractivity contribution >= 4 is 47.8 Å². The number of rotatable bonds is 5. The van der Waals surface area contributed by atoms with Crippen molar-refractivity contribution in [3.63, 3.8) is 0 Å². The summed E-state index contributed by atoms with van der Waals surface area (Å²) < 4.78 is 13.5. The Bertz CT molecular complexity index is 608. The van der Waals surface area contributed by atoms with E-state index in [0.29, 0.717) is 17.1 Å². The fourth-order valence-electron chi connectivity index (χ4n) is 1.86. The second kappa shape index (κ2) is 7.63. The number of aliphatic hydroxyl groups is 1. The summed E-state index contributed by atoms with van der Waals surface area (Å²) in [6, 6.07) is 11.1. The molecule has 0 bridgehead atoms. The van der Waals surface area contributed by atoms with Crippen molar-refractivity contribution in [3.8, 4) is 11.5 Å². The van der Waals surface area contributed by atoms with Crippen LogP contribution >= 0.6 is 47.8 Å². The lowest BCUT2D eigenvalue weighted by atomic mass is 10.1. The molecule has 6 heteroatoms. The molecular formula is C15H13Br3O3. The van der Waals surface area contributed by atoms with Crippen LogP contribution in [0.25, 0.3) is 0 Å². The van der Waals surface area contributed by atoms with E-state index < -0.39 is 6.10 Å². The van der Waals surface area contributed by atoms with E-state index in [0.717, 1.165) is 13.4 Å². The fourth-order valence-corrected chi connectivity index (χ4v) is 4.35. The highest BCUT2D eigenvalue weighted by Gasteiger charge is 2.15. The van der Waals surface area contributed by atoms with Crippen molar-refractivity contribution < 1.29 is 14.6 Å². The van der Waals surface area contributed by atoms with Crippen molar-refractivity contribution in [2.75, 3.05) is 13.7 Å². The van der Waals surface area contributed by atoms with Crippen LogP contribution in [0.5, 0.6) is 11.5 Å². The Kier molecular flexibility index (Phi) is 6.10. The number of methoxy groups -OCH3 is 1. The highest BCUT2D eigenvalue weighted by molar-refractivity contribution is 9.11. The molecule has 112 valence electrons. The molecule has 0 fully saturated rings. The number of halogens is 3. The van der Waals surface area contributed by atoms with E-state index in [1.165, 1.54) is 0 Å². The predicted octanol–water partition coefficient (Wildman–Crippen LogP) is 5.10. The largest absolute Gasteiger partial charge is 0.496 e. The molecule has 2 aromatic carbocycles. The molecule has 3 nitrogen and oxygen atoms in total. The predicted molar refractivity (Wildman–Crippen MR) is 93.0 cm³/mol. The normalized spacial score (nSPS) is 12.0. The van der Waals surface area contributed by atoms with Gasteiger partial charge in [0.05, 0.1) is 16.1 Å². The first kappa shape index (κ1) is 16.8. The van der Waals surface area contributed by atoms with Crippen molar-refractivity contribution in [2.24, 2.45) is 0 Å². The van der Waals surface area contributed by atoms with E-state index in [1.54, 1.807) is 7.11 Å². The van der Waals surface area contributed by atoms with Crippen molar-refractivity contribution in [3.05, 3.63) is 55.4 Å². The number of ether oxygens (including phenoxy) is 2. The molecule has 0 heterocycles. The number of hydrogen-bond acceptors (Lipinski definition) is 3. The second-order valence-electron chi connectivity index (χ2n) is 4.27. The van der Waals surface area contributed by atoms with Gasteiger partial charge in [0, 0.05) is 10.0 Å². The second-order valence-corrected chi connectivity index (χ2v) is 6.89. The minimum absolute atomic E-state index is 0.124. The van der Waals surface area contributed by atoms with Gasteiger partial charge in [0.25, 0.3) is 0 Å². The summed E-state index contributed by atoms with van der Waals surface area (Å²) in [6.45, 7) is 0.124. The molecule has 0 spiro atoms. The van der Waals surface area contributed by atoms with Crippen LogP contribution in [-0.2, 0) is 0 Å². The first-order chi connectivity index (χ1) is 10.0. The Labute approximate surface area is 148 Å². The molecule has 1 unspecified atom stereocenters. The van der Waals surface area contributed by atoms with Gasteiger partial charge in [-0.3, -0.25) is 0 Å². The zero-order valence-electron chi connectivity index (χ0n) is 11.1. The standard InChI is InChI=1S/C15H13Br3O3/c1-20-14-5-3-2-4-10(14)13(19)8-21-15-11(17)6-9(16)7-12(15)18/h2-7,13,19H,8H2,1H3. The number of benzene rings is 2. The summed E-state index contributed by atoms with van der Waals surface area (Å²) in [6.07, 6.45) is -0.774. The molecule has 1 atom stereocenters. The summed E-state index contributed by atoms with van der Waals surface area (Å²) in [5, 5.41) is 10.3. The van der Waals surface area contributed by atoms with Crippen molar-refractivity contribution in [1.29, 1.82) is 0 Å². The maximum Gasteiger partial charge on any atom is 0.147 e. The molecule has 0 aliphatic rings. The van der Waals surface area contributed by atoms with Crippen LogP contribution in [0, 0.1) is 0 Å². The Morgan fingerprint density at radius 1 is 1.10 bits per heavy atom. The first-order valence-corrected chi connectivity index (χ1v) is 8.49. The third-order valence-corrected chi connectivity index (χ3v) is 4.48. The van der Waals surface area contributed by atoms with E-state index in [9.17, 15) is 5.11 Å². The maximum atomic E-state index is 10.3.